The van der Waals surface area contributed by atoms with Crippen molar-refractivity contribution in [3.8, 4) is 28.6 Å². The second kappa shape index (κ2) is 12.6. The number of anilines is 1. The van der Waals surface area contributed by atoms with Crippen LogP contribution in [0.4, 0.5) is 5.69 Å². The lowest BCUT2D eigenvalue weighted by molar-refractivity contribution is -0.113. The Bertz CT molecular complexity index is 1220. The van der Waals surface area contributed by atoms with Gasteiger partial charge < -0.3 is 24.3 Å². The molecular weight excluding hydrogens is 484 g/mol. The molecule has 11 heteroatoms. The van der Waals surface area contributed by atoms with Crippen LogP contribution in [0.1, 0.15) is 17.3 Å². The molecule has 1 aromatic heterocycles. The van der Waals surface area contributed by atoms with Gasteiger partial charge in [-0.25, -0.2) is 4.79 Å². The molecule has 3 rings (SSSR count). The van der Waals surface area contributed by atoms with E-state index in [1.807, 2.05) is 4.57 Å². The van der Waals surface area contributed by atoms with Crippen LogP contribution in [-0.4, -0.2) is 60.3 Å². The van der Waals surface area contributed by atoms with Crippen LogP contribution < -0.4 is 19.5 Å². The number of benzene rings is 2. The zero-order valence-corrected chi connectivity index (χ0v) is 21.4. The molecule has 3 aromatic rings. The number of rotatable bonds is 12. The maximum absolute atomic E-state index is 12.7. The first-order valence-electron chi connectivity index (χ1n) is 11.0. The highest BCUT2D eigenvalue weighted by atomic mass is 32.2. The molecule has 36 heavy (non-hydrogen) atoms. The molecule has 1 N–H and O–H groups in total. The van der Waals surface area contributed by atoms with Gasteiger partial charge in [-0.3, -0.25) is 9.36 Å². The molecule has 2 aromatic carbocycles. The molecule has 0 aliphatic carbocycles. The van der Waals surface area contributed by atoms with E-state index in [1.165, 1.54) is 33.1 Å². The van der Waals surface area contributed by atoms with Crippen molar-refractivity contribution in [3.63, 3.8) is 0 Å². The summed E-state index contributed by atoms with van der Waals surface area (Å²) < 4.78 is 23.2. The molecule has 0 unspecified atom stereocenters. The fourth-order valence-electron chi connectivity index (χ4n) is 3.41. The molecule has 0 atom stereocenters. The van der Waals surface area contributed by atoms with E-state index >= 15 is 0 Å². The van der Waals surface area contributed by atoms with Crippen molar-refractivity contribution in [2.24, 2.45) is 0 Å². The number of esters is 1. The van der Waals surface area contributed by atoms with Crippen LogP contribution in [-0.2, 0) is 16.1 Å². The van der Waals surface area contributed by atoms with Gasteiger partial charge in [-0.05, 0) is 31.2 Å². The highest BCUT2D eigenvalue weighted by Crippen LogP contribution is 2.41. The first kappa shape index (κ1) is 26.6. The van der Waals surface area contributed by atoms with E-state index in [0.29, 0.717) is 46.0 Å². The van der Waals surface area contributed by atoms with Crippen molar-refractivity contribution in [1.82, 2.24) is 14.8 Å². The SMILES string of the molecule is C=CCn1c(SCC(=O)Nc2ccccc2C(=O)OCC)nnc1-c1cc(OC)c(OC)c(OC)c1. The van der Waals surface area contributed by atoms with Gasteiger partial charge in [0.15, 0.2) is 22.5 Å². The summed E-state index contributed by atoms with van der Waals surface area (Å²) in [5, 5.41) is 11.9. The highest BCUT2D eigenvalue weighted by Gasteiger charge is 2.20. The number of nitrogens with one attached hydrogen (secondary N) is 1. The van der Waals surface area contributed by atoms with Crippen LogP contribution in [0, 0.1) is 0 Å². The number of amides is 1. The topological polar surface area (TPSA) is 114 Å². The average molecular weight is 513 g/mol. The summed E-state index contributed by atoms with van der Waals surface area (Å²) in [5.41, 5.74) is 1.36. The summed E-state index contributed by atoms with van der Waals surface area (Å²) in [7, 11) is 4.61. The number of carbonyl (C=O) groups is 2. The monoisotopic (exact) mass is 512 g/mol. The Hall–Kier alpha value is -3.99. The Balaban J connectivity index is 1.82. The quantitative estimate of drug-likeness (QED) is 0.218. The van der Waals surface area contributed by atoms with E-state index in [0.717, 1.165) is 0 Å². The van der Waals surface area contributed by atoms with E-state index in [2.05, 4.69) is 22.1 Å². The molecule has 0 radical (unpaired) electrons. The lowest BCUT2D eigenvalue weighted by Gasteiger charge is -2.14. The lowest BCUT2D eigenvalue weighted by Crippen LogP contribution is -2.17. The number of nitrogens with zero attached hydrogens (tertiary/aromatic N) is 3. The predicted octanol–water partition coefficient (Wildman–Crippen LogP) is 4.06. The predicted molar refractivity (Wildman–Crippen MR) is 137 cm³/mol. The van der Waals surface area contributed by atoms with Gasteiger partial charge in [0.2, 0.25) is 11.7 Å². The number of hydrogen-bond acceptors (Lipinski definition) is 9. The average Bonchev–Trinajstić information content (AvgIpc) is 3.29. The van der Waals surface area contributed by atoms with Gasteiger partial charge in [-0.2, -0.15) is 0 Å². The molecule has 0 saturated carbocycles. The minimum absolute atomic E-state index is 0.0433. The highest BCUT2D eigenvalue weighted by molar-refractivity contribution is 7.99. The zero-order chi connectivity index (χ0) is 26.1. The Morgan fingerprint density at radius 2 is 1.78 bits per heavy atom. The van der Waals surface area contributed by atoms with Gasteiger partial charge in [0.1, 0.15) is 0 Å². The smallest absolute Gasteiger partial charge is 0.340 e. The summed E-state index contributed by atoms with van der Waals surface area (Å²) in [4.78, 5) is 24.9. The Kier molecular flexibility index (Phi) is 9.34. The van der Waals surface area contributed by atoms with E-state index < -0.39 is 5.97 Å². The van der Waals surface area contributed by atoms with Gasteiger partial charge in [0.05, 0.1) is 44.9 Å². The molecule has 190 valence electrons. The molecule has 0 spiro atoms. The van der Waals surface area contributed by atoms with E-state index in [4.69, 9.17) is 18.9 Å². The third-order valence-electron chi connectivity index (χ3n) is 4.98. The second-order valence-corrected chi connectivity index (χ2v) is 8.16. The molecule has 1 heterocycles. The van der Waals surface area contributed by atoms with Crippen LogP contribution in [0.25, 0.3) is 11.4 Å². The number of para-hydroxylation sites is 1. The van der Waals surface area contributed by atoms with Crippen LogP contribution in [0.2, 0.25) is 0 Å². The number of carbonyl (C=O) groups excluding carboxylic acids is 2. The Morgan fingerprint density at radius 1 is 1.08 bits per heavy atom. The molecule has 0 bridgehead atoms. The molecule has 0 fully saturated rings. The molecular formula is C25H28N4O6S. The number of ether oxygens (including phenoxy) is 4. The number of thioether (sulfide) groups is 1. The van der Waals surface area contributed by atoms with Crippen molar-refractivity contribution >= 4 is 29.3 Å². The van der Waals surface area contributed by atoms with E-state index in [1.54, 1.807) is 49.4 Å². The minimum Gasteiger partial charge on any atom is -0.493 e. The van der Waals surface area contributed by atoms with Crippen molar-refractivity contribution in [2.45, 2.75) is 18.6 Å². The van der Waals surface area contributed by atoms with Crippen molar-refractivity contribution in [2.75, 3.05) is 39.0 Å². The summed E-state index contributed by atoms with van der Waals surface area (Å²) in [5.74, 6) is 1.21. The zero-order valence-electron chi connectivity index (χ0n) is 20.6. The molecule has 0 aliphatic heterocycles. The lowest BCUT2D eigenvalue weighted by atomic mass is 10.1. The van der Waals surface area contributed by atoms with Crippen LogP contribution in [0.5, 0.6) is 17.2 Å². The maximum Gasteiger partial charge on any atom is 0.340 e. The Morgan fingerprint density at radius 3 is 2.39 bits per heavy atom. The molecule has 1 amide bonds. The number of methoxy groups -OCH3 is 3. The first-order valence-corrected chi connectivity index (χ1v) is 12.0. The van der Waals surface area contributed by atoms with Gasteiger partial charge >= 0.3 is 5.97 Å². The minimum atomic E-state index is -0.498. The fraction of sp³-hybridized carbons (Fsp3) is 0.280. The van der Waals surface area contributed by atoms with Crippen LogP contribution >= 0.6 is 11.8 Å². The number of aromatic nitrogens is 3. The third kappa shape index (κ3) is 5.98. The largest absolute Gasteiger partial charge is 0.493 e. The Labute approximate surface area is 213 Å². The van der Waals surface area contributed by atoms with E-state index in [-0.39, 0.29) is 23.8 Å². The summed E-state index contributed by atoms with van der Waals surface area (Å²) in [6.45, 7) is 6.20. The van der Waals surface area contributed by atoms with Crippen molar-refractivity contribution in [3.05, 3.63) is 54.6 Å². The second-order valence-electron chi connectivity index (χ2n) is 7.22. The summed E-state index contributed by atoms with van der Waals surface area (Å²) in [6.07, 6.45) is 1.71. The molecule has 0 saturated heterocycles. The van der Waals surface area contributed by atoms with Gasteiger partial charge in [0, 0.05) is 12.1 Å². The number of allylic oxidation sites excluding steroid dienone is 1. The van der Waals surface area contributed by atoms with Crippen molar-refractivity contribution in [1.29, 1.82) is 0 Å². The standard InChI is InChI=1S/C25H28N4O6S/c1-6-12-29-23(16-13-19(32-3)22(34-5)20(14-16)33-4)27-28-25(29)36-15-21(30)26-18-11-9-8-10-17(18)24(31)35-7-2/h6,8-11,13-14H,1,7,12,15H2,2-5H3,(H,26,30). The van der Waals surface area contributed by atoms with Crippen LogP contribution in [0.3, 0.4) is 0 Å². The molecule has 10 nitrogen and oxygen atoms in total. The fourth-order valence-corrected chi connectivity index (χ4v) is 4.16. The summed E-state index contributed by atoms with van der Waals surface area (Å²) >= 11 is 1.21. The van der Waals surface area contributed by atoms with Gasteiger partial charge in [-0.15, -0.1) is 16.8 Å². The van der Waals surface area contributed by atoms with Crippen molar-refractivity contribution < 1.29 is 28.5 Å². The van der Waals surface area contributed by atoms with Gasteiger partial charge in [-0.1, -0.05) is 30.0 Å². The normalized spacial score (nSPS) is 10.4. The summed E-state index contributed by atoms with van der Waals surface area (Å²) in [6, 6.07) is 10.2. The van der Waals surface area contributed by atoms with Gasteiger partial charge in [0.25, 0.3) is 0 Å². The first-order chi connectivity index (χ1) is 17.5. The third-order valence-corrected chi connectivity index (χ3v) is 5.95. The van der Waals surface area contributed by atoms with Crippen LogP contribution in [0.15, 0.2) is 54.2 Å². The number of hydrogen-bond donors (Lipinski definition) is 1. The van der Waals surface area contributed by atoms with E-state index in [9.17, 15) is 9.59 Å². The maximum atomic E-state index is 12.7. The molecule has 0 aliphatic rings.